The standard InChI is InChI=1S/C62H121NO8/c1-6-8-10-12-14-16-18-20-22-24-26-28-29-30-31-33-35-37-39-41-43-45-47-49-51-53-60(65)71-58(57-70-62(61(66)67)68-55-54-63(3,4)5)56-69-59(64)52-50-48-46-44-42-40-38-36-34-32-27-25-23-21-19-17-15-13-11-9-7-2/h58,62H,6-57H2,1-5H3. The molecule has 0 fully saturated rings. The summed E-state index contributed by atoms with van der Waals surface area (Å²) in [5.41, 5.74) is 0. The van der Waals surface area contributed by atoms with Gasteiger partial charge in [-0.1, -0.05) is 296 Å². The Labute approximate surface area is 441 Å². The molecule has 0 amide bonds. The quantitative estimate of drug-likeness (QED) is 0.0256. The van der Waals surface area contributed by atoms with E-state index in [0.717, 1.165) is 38.5 Å². The van der Waals surface area contributed by atoms with E-state index in [9.17, 15) is 19.5 Å². The molecule has 0 rings (SSSR count). The molecule has 0 aromatic heterocycles. The molecule has 71 heavy (non-hydrogen) atoms. The predicted molar refractivity (Wildman–Crippen MR) is 297 cm³/mol. The Morgan fingerprint density at radius 3 is 0.901 bits per heavy atom. The summed E-state index contributed by atoms with van der Waals surface area (Å²) in [6.07, 6.45) is 58.7. The van der Waals surface area contributed by atoms with E-state index in [4.69, 9.17) is 18.9 Å². The Morgan fingerprint density at radius 1 is 0.366 bits per heavy atom. The van der Waals surface area contributed by atoms with Crippen molar-refractivity contribution in [3.8, 4) is 0 Å². The molecule has 0 aliphatic heterocycles. The second kappa shape index (κ2) is 54.5. The Morgan fingerprint density at radius 2 is 0.634 bits per heavy atom. The first-order chi connectivity index (χ1) is 34.6. The van der Waals surface area contributed by atoms with Crippen LogP contribution >= 0.6 is 0 Å². The van der Waals surface area contributed by atoms with E-state index in [0.29, 0.717) is 17.4 Å². The van der Waals surface area contributed by atoms with Crippen molar-refractivity contribution in [1.82, 2.24) is 0 Å². The minimum Gasteiger partial charge on any atom is -0.545 e. The van der Waals surface area contributed by atoms with Crippen molar-refractivity contribution in [3.05, 3.63) is 0 Å². The Hall–Kier alpha value is -1.71. The average molecular weight is 1010 g/mol. The van der Waals surface area contributed by atoms with E-state index in [2.05, 4.69) is 13.8 Å². The van der Waals surface area contributed by atoms with Crippen LogP contribution in [0.1, 0.15) is 322 Å². The maximum atomic E-state index is 12.9. The van der Waals surface area contributed by atoms with E-state index >= 15 is 0 Å². The Balaban J connectivity index is 4.13. The first-order valence-electron chi connectivity index (χ1n) is 31.2. The summed E-state index contributed by atoms with van der Waals surface area (Å²) in [5, 5.41) is 11.8. The zero-order chi connectivity index (χ0) is 52.0. The van der Waals surface area contributed by atoms with Gasteiger partial charge in [-0.25, -0.2) is 0 Å². The molecule has 0 saturated carbocycles. The largest absolute Gasteiger partial charge is 0.545 e. The second-order valence-corrected chi connectivity index (χ2v) is 22.7. The lowest BCUT2D eigenvalue weighted by Gasteiger charge is -2.26. The number of carboxylic acid groups (broad SMARTS) is 1. The van der Waals surface area contributed by atoms with Crippen LogP contribution in [0.5, 0.6) is 0 Å². The zero-order valence-electron chi connectivity index (χ0n) is 48.1. The lowest BCUT2D eigenvalue weighted by atomic mass is 10.0. The molecule has 9 nitrogen and oxygen atoms in total. The fourth-order valence-corrected chi connectivity index (χ4v) is 9.54. The van der Waals surface area contributed by atoms with Crippen molar-refractivity contribution in [2.45, 2.75) is 334 Å². The van der Waals surface area contributed by atoms with Crippen LogP contribution in [0.2, 0.25) is 0 Å². The number of carboxylic acids is 1. The van der Waals surface area contributed by atoms with Crippen molar-refractivity contribution in [3.63, 3.8) is 0 Å². The third kappa shape index (κ3) is 55.9. The average Bonchev–Trinajstić information content (AvgIpc) is 3.34. The number of ether oxygens (including phenoxy) is 4. The number of likely N-dealkylation sites (N-methyl/N-ethyl adjacent to an activating group) is 1. The van der Waals surface area contributed by atoms with Gasteiger partial charge in [0.25, 0.3) is 0 Å². The van der Waals surface area contributed by atoms with E-state index < -0.39 is 24.3 Å². The number of hydrogen-bond donors (Lipinski definition) is 0. The van der Waals surface area contributed by atoms with Gasteiger partial charge < -0.3 is 33.3 Å². The molecule has 0 saturated heterocycles. The third-order valence-corrected chi connectivity index (χ3v) is 14.4. The molecule has 0 heterocycles. The molecular weight excluding hydrogens is 887 g/mol. The molecule has 422 valence electrons. The molecule has 0 radical (unpaired) electrons. The van der Waals surface area contributed by atoms with Crippen molar-refractivity contribution >= 4 is 17.9 Å². The van der Waals surface area contributed by atoms with E-state index in [1.165, 1.54) is 257 Å². The van der Waals surface area contributed by atoms with Gasteiger partial charge in [-0.05, 0) is 12.8 Å². The van der Waals surface area contributed by atoms with Gasteiger partial charge in [0.05, 0.1) is 40.3 Å². The molecule has 0 spiro atoms. The van der Waals surface area contributed by atoms with Gasteiger partial charge in [-0.15, -0.1) is 0 Å². The van der Waals surface area contributed by atoms with Crippen LogP contribution < -0.4 is 5.11 Å². The van der Waals surface area contributed by atoms with Crippen molar-refractivity contribution in [1.29, 1.82) is 0 Å². The summed E-state index contributed by atoms with van der Waals surface area (Å²) >= 11 is 0. The number of nitrogens with zero attached hydrogens (tertiary/aromatic N) is 1. The zero-order valence-corrected chi connectivity index (χ0v) is 48.1. The van der Waals surface area contributed by atoms with Gasteiger partial charge in [0, 0.05) is 12.8 Å². The summed E-state index contributed by atoms with van der Waals surface area (Å²) < 4.78 is 22.8. The molecule has 2 unspecified atom stereocenters. The van der Waals surface area contributed by atoms with E-state index in [1.807, 2.05) is 21.1 Å². The molecular formula is C62H121NO8. The molecule has 0 aliphatic rings. The van der Waals surface area contributed by atoms with Crippen LogP contribution in [0.15, 0.2) is 0 Å². The van der Waals surface area contributed by atoms with E-state index in [1.54, 1.807) is 0 Å². The number of carbonyl (C=O) groups is 3. The Bertz CT molecular complexity index is 1130. The highest BCUT2D eigenvalue weighted by atomic mass is 16.7. The molecule has 0 aromatic carbocycles. The molecule has 0 bridgehead atoms. The highest BCUT2D eigenvalue weighted by Gasteiger charge is 2.22. The smallest absolute Gasteiger partial charge is 0.306 e. The number of esters is 2. The normalized spacial score (nSPS) is 12.6. The van der Waals surface area contributed by atoms with Gasteiger partial charge in [0.2, 0.25) is 0 Å². The molecule has 0 aliphatic carbocycles. The first-order valence-corrected chi connectivity index (χ1v) is 31.2. The molecule has 0 aromatic rings. The number of carbonyl (C=O) groups excluding carboxylic acids is 3. The maximum Gasteiger partial charge on any atom is 0.306 e. The topological polar surface area (TPSA) is 111 Å². The maximum absolute atomic E-state index is 12.9. The summed E-state index contributed by atoms with van der Waals surface area (Å²) in [4.78, 5) is 37.3. The van der Waals surface area contributed by atoms with Crippen LogP contribution in [0.3, 0.4) is 0 Å². The highest BCUT2D eigenvalue weighted by molar-refractivity contribution is 5.70. The van der Waals surface area contributed by atoms with Gasteiger partial charge in [-0.2, -0.15) is 0 Å². The summed E-state index contributed by atoms with van der Waals surface area (Å²) in [6.45, 7) is 4.83. The SMILES string of the molecule is CCCCCCCCCCCCCCCCCCCCCCCCCCCC(=O)OC(COC(=O)CCCCCCCCCCCCCCCCCCCCCCC)COC(OCC[N+](C)(C)C)C(=O)[O-]. The third-order valence-electron chi connectivity index (χ3n) is 14.4. The fraction of sp³-hybridized carbons (Fsp3) is 0.952. The lowest BCUT2D eigenvalue weighted by molar-refractivity contribution is -0.870. The van der Waals surface area contributed by atoms with E-state index in [-0.39, 0.29) is 32.2 Å². The predicted octanol–water partition coefficient (Wildman–Crippen LogP) is 17.0. The second-order valence-electron chi connectivity index (χ2n) is 22.7. The number of hydrogen-bond acceptors (Lipinski definition) is 8. The number of unbranched alkanes of at least 4 members (excludes halogenated alkanes) is 44. The molecule has 9 heteroatoms. The number of rotatable bonds is 59. The van der Waals surface area contributed by atoms with Crippen LogP contribution in [-0.4, -0.2) is 82.3 Å². The monoisotopic (exact) mass is 1010 g/mol. The number of aliphatic carboxylic acids is 1. The summed E-state index contributed by atoms with van der Waals surface area (Å²) in [7, 11) is 5.94. The van der Waals surface area contributed by atoms with Crippen LogP contribution in [-0.2, 0) is 33.3 Å². The Kier molecular flexibility index (Phi) is 53.2. The lowest BCUT2D eigenvalue weighted by Crippen LogP contribution is -2.44. The van der Waals surface area contributed by atoms with Crippen LogP contribution in [0.25, 0.3) is 0 Å². The molecule has 2 atom stereocenters. The van der Waals surface area contributed by atoms with Crippen molar-refractivity contribution in [2.75, 3.05) is 47.5 Å². The summed E-state index contributed by atoms with van der Waals surface area (Å²) in [6, 6.07) is 0. The van der Waals surface area contributed by atoms with Crippen LogP contribution in [0, 0.1) is 0 Å². The van der Waals surface area contributed by atoms with Crippen molar-refractivity contribution in [2.24, 2.45) is 0 Å². The first kappa shape index (κ1) is 69.3. The van der Waals surface area contributed by atoms with Gasteiger partial charge >= 0.3 is 11.9 Å². The minimum absolute atomic E-state index is 0.153. The highest BCUT2D eigenvalue weighted by Crippen LogP contribution is 2.18. The van der Waals surface area contributed by atoms with Crippen LogP contribution in [0.4, 0.5) is 0 Å². The fourth-order valence-electron chi connectivity index (χ4n) is 9.54. The minimum atomic E-state index is -1.61. The van der Waals surface area contributed by atoms with Gasteiger partial charge in [0.15, 0.2) is 12.4 Å². The molecule has 0 N–H and O–H groups in total. The van der Waals surface area contributed by atoms with Crippen molar-refractivity contribution < 1.29 is 42.9 Å². The number of quaternary nitrogens is 1. The summed E-state index contributed by atoms with van der Waals surface area (Å²) in [5.74, 6) is -2.25. The van der Waals surface area contributed by atoms with Gasteiger partial charge in [-0.3, -0.25) is 9.59 Å². The van der Waals surface area contributed by atoms with Gasteiger partial charge in [0.1, 0.15) is 13.2 Å².